The molecule has 0 unspecified atom stereocenters. The lowest BCUT2D eigenvalue weighted by Gasteiger charge is -2.08. The van der Waals surface area contributed by atoms with E-state index in [1.165, 1.54) is 0 Å². The zero-order chi connectivity index (χ0) is 15.1. The molecule has 0 bridgehead atoms. The summed E-state index contributed by atoms with van der Waals surface area (Å²) in [5.41, 5.74) is 2.44. The average molecular weight is 342 g/mol. The first-order valence-electron chi connectivity index (χ1n) is 6.84. The molecule has 106 valence electrons. The number of allylic oxidation sites excluding steroid dienone is 1. The Bertz CT molecular complexity index is 668. The summed E-state index contributed by atoms with van der Waals surface area (Å²) >= 11 is 3.40. The minimum absolute atomic E-state index is 0.620. The number of nitriles is 1. The Hall–Kier alpha value is -2.05. The van der Waals surface area contributed by atoms with E-state index in [1.54, 1.807) is 0 Å². The molecular formula is C18H16BrNO. The molecule has 0 aliphatic rings. The molecule has 0 radical (unpaired) electrons. The van der Waals surface area contributed by atoms with E-state index in [9.17, 15) is 5.26 Å². The van der Waals surface area contributed by atoms with Gasteiger partial charge in [-0.1, -0.05) is 53.2 Å². The van der Waals surface area contributed by atoms with Gasteiger partial charge in [0.05, 0.1) is 18.2 Å². The summed E-state index contributed by atoms with van der Waals surface area (Å²) in [7, 11) is 0. The number of rotatable bonds is 5. The predicted octanol–water partition coefficient (Wildman–Crippen LogP) is 5.30. The third-order valence-electron chi connectivity index (χ3n) is 2.96. The molecule has 0 spiro atoms. The summed E-state index contributed by atoms with van der Waals surface area (Å²) in [6.07, 6.45) is 2.82. The summed E-state index contributed by atoms with van der Waals surface area (Å²) in [5, 5.41) is 9.41. The Morgan fingerprint density at radius 2 is 1.90 bits per heavy atom. The number of benzene rings is 2. The highest BCUT2D eigenvalue weighted by molar-refractivity contribution is 9.10. The molecule has 3 heteroatoms. The van der Waals surface area contributed by atoms with Gasteiger partial charge in [-0.15, -0.1) is 0 Å². The average Bonchev–Trinajstić information content (AvgIpc) is 2.52. The van der Waals surface area contributed by atoms with Crippen LogP contribution in [0.3, 0.4) is 0 Å². The van der Waals surface area contributed by atoms with Crippen LogP contribution in [0.15, 0.2) is 53.0 Å². The highest BCUT2D eigenvalue weighted by Crippen LogP contribution is 2.25. The molecule has 0 N–H and O–H groups in total. The second-order valence-corrected chi connectivity index (χ2v) is 5.48. The first kappa shape index (κ1) is 15.3. The monoisotopic (exact) mass is 341 g/mol. The Kier molecular flexibility index (Phi) is 5.59. The van der Waals surface area contributed by atoms with Crippen LogP contribution in [-0.2, 0) is 0 Å². The highest BCUT2D eigenvalue weighted by Gasteiger charge is 2.05. The van der Waals surface area contributed by atoms with Crippen molar-refractivity contribution in [3.05, 3.63) is 64.1 Å². The molecule has 2 rings (SSSR count). The minimum atomic E-state index is 0.620. The van der Waals surface area contributed by atoms with Crippen molar-refractivity contribution >= 4 is 27.6 Å². The lowest BCUT2D eigenvalue weighted by atomic mass is 10.0. The normalized spacial score (nSPS) is 11.0. The Labute approximate surface area is 133 Å². The number of hydrogen-bond donors (Lipinski definition) is 0. The number of hydrogen-bond acceptors (Lipinski definition) is 2. The standard InChI is InChI=1S/C18H16BrNO/c1-2-11-21-18-6-4-3-5-15(18)12-16(13-20)14-7-9-17(19)10-8-14/h3-10,12H,2,11H2,1H3/b16-12+. The highest BCUT2D eigenvalue weighted by atomic mass is 79.9. The molecule has 0 amide bonds. The second-order valence-electron chi connectivity index (χ2n) is 4.56. The van der Waals surface area contributed by atoms with Crippen LogP contribution in [0.2, 0.25) is 0 Å². The quantitative estimate of drug-likeness (QED) is 0.545. The molecule has 2 nitrogen and oxygen atoms in total. The van der Waals surface area contributed by atoms with Gasteiger partial charge < -0.3 is 4.74 Å². The van der Waals surface area contributed by atoms with E-state index in [4.69, 9.17) is 4.74 Å². The molecule has 0 aromatic heterocycles. The molecule has 0 aliphatic carbocycles. The van der Waals surface area contributed by atoms with Crippen LogP contribution in [0.1, 0.15) is 24.5 Å². The van der Waals surface area contributed by atoms with Crippen LogP contribution < -0.4 is 4.74 Å². The molecule has 0 fully saturated rings. The molecule has 2 aromatic carbocycles. The van der Waals surface area contributed by atoms with Gasteiger partial charge in [0.15, 0.2) is 0 Å². The second kappa shape index (κ2) is 7.66. The molecule has 0 saturated carbocycles. The van der Waals surface area contributed by atoms with Crippen molar-refractivity contribution < 1.29 is 4.74 Å². The molecular weight excluding hydrogens is 326 g/mol. The van der Waals surface area contributed by atoms with Crippen molar-refractivity contribution in [3.8, 4) is 11.8 Å². The van der Waals surface area contributed by atoms with Crippen LogP contribution in [0.4, 0.5) is 0 Å². The van der Waals surface area contributed by atoms with Gasteiger partial charge in [-0.25, -0.2) is 0 Å². The first-order valence-corrected chi connectivity index (χ1v) is 7.63. The fourth-order valence-corrected chi connectivity index (χ4v) is 2.17. The predicted molar refractivity (Wildman–Crippen MR) is 89.9 cm³/mol. The first-order chi connectivity index (χ1) is 10.2. The van der Waals surface area contributed by atoms with E-state index < -0.39 is 0 Å². The Balaban J connectivity index is 2.36. The lowest BCUT2D eigenvalue weighted by molar-refractivity contribution is 0.317. The van der Waals surface area contributed by atoms with Gasteiger partial charge in [0.1, 0.15) is 5.75 Å². The molecule has 0 heterocycles. The van der Waals surface area contributed by atoms with Gasteiger partial charge in [-0.2, -0.15) is 5.26 Å². The van der Waals surface area contributed by atoms with Gasteiger partial charge in [-0.05, 0) is 36.3 Å². The van der Waals surface area contributed by atoms with Crippen molar-refractivity contribution in [1.29, 1.82) is 5.26 Å². The van der Waals surface area contributed by atoms with Gasteiger partial charge in [0.25, 0.3) is 0 Å². The third kappa shape index (κ3) is 4.21. The van der Waals surface area contributed by atoms with E-state index in [0.29, 0.717) is 12.2 Å². The van der Waals surface area contributed by atoms with E-state index in [0.717, 1.165) is 27.8 Å². The van der Waals surface area contributed by atoms with E-state index in [1.807, 2.05) is 54.6 Å². The smallest absolute Gasteiger partial charge is 0.126 e. The third-order valence-corrected chi connectivity index (χ3v) is 3.48. The van der Waals surface area contributed by atoms with Crippen LogP contribution in [0.25, 0.3) is 11.6 Å². The lowest BCUT2D eigenvalue weighted by Crippen LogP contribution is -1.96. The number of halogens is 1. The minimum Gasteiger partial charge on any atom is -0.493 e. The molecule has 0 saturated heterocycles. The van der Waals surface area contributed by atoms with Crippen LogP contribution in [-0.4, -0.2) is 6.61 Å². The number of nitrogens with zero attached hydrogens (tertiary/aromatic N) is 1. The van der Waals surface area contributed by atoms with Crippen LogP contribution in [0.5, 0.6) is 5.75 Å². The van der Waals surface area contributed by atoms with E-state index in [2.05, 4.69) is 28.9 Å². The zero-order valence-corrected chi connectivity index (χ0v) is 13.4. The topological polar surface area (TPSA) is 33.0 Å². The van der Waals surface area contributed by atoms with Crippen molar-refractivity contribution in [1.82, 2.24) is 0 Å². The molecule has 2 aromatic rings. The zero-order valence-electron chi connectivity index (χ0n) is 11.8. The number of ether oxygens (including phenoxy) is 1. The summed E-state index contributed by atoms with van der Waals surface area (Å²) in [6.45, 7) is 2.74. The van der Waals surface area contributed by atoms with Crippen molar-refractivity contribution in [3.63, 3.8) is 0 Å². The van der Waals surface area contributed by atoms with Crippen molar-refractivity contribution in [2.75, 3.05) is 6.61 Å². The summed E-state index contributed by atoms with van der Waals surface area (Å²) in [5.74, 6) is 0.809. The van der Waals surface area contributed by atoms with E-state index >= 15 is 0 Å². The maximum absolute atomic E-state index is 9.41. The molecule has 21 heavy (non-hydrogen) atoms. The molecule has 0 aliphatic heterocycles. The fourth-order valence-electron chi connectivity index (χ4n) is 1.91. The van der Waals surface area contributed by atoms with Gasteiger partial charge >= 0.3 is 0 Å². The van der Waals surface area contributed by atoms with Gasteiger partial charge in [0.2, 0.25) is 0 Å². The summed E-state index contributed by atoms with van der Waals surface area (Å²) in [4.78, 5) is 0. The van der Waals surface area contributed by atoms with Gasteiger partial charge in [0, 0.05) is 10.0 Å². The Morgan fingerprint density at radius 3 is 2.57 bits per heavy atom. The fraction of sp³-hybridized carbons (Fsp3) is 0.167. The maximum Gasteiger partial charge on any atom is 0.126 e. The van der Waals surface area contributed by atoms with Gasteiger partial charge in [-0.3, -0.25) is 0 Å². The summed E-state index contributed by atoms with van der Waals surface area (Å²) in [6, 6.07) is 17.7. The Morgan fingerprint density at radius 1 is 1.19 bits per heavy atom. The van der Waals surface area contributed by atoms with Crippen LogP contribution in [0, 0.1) is 11.3 Å². The maximum atomic E-state index is 9.41. The van der Waals surface area contributed by atoms with E-state index in [-0.39, 0.29) is 0 Å². The largest absolute Gasteiger partial charge is 0.493 e. The van der Waals surface area contributed by atoms with Crippen molar-refractivity contribution in [2.45, 2.75) is 13.3 Å². The van der Waals surface area contributed by atoms with Crippen molar-refractivity contribution in [2.24, 2.45) is 0 Å². The SMILES string of the molecule is CCCOc1ccccc1/C=C(\C#N)c1ccc(Br)cc1. The van der Waals surface area contributed by atoms with Crippen LogP contribution >= 0.6 is 15.9 Å². The molecule has 0 atom stereocenters. The summed E-state index contributed by atoms with van der Waals surface area (Å²) < 4.78 is 6.72. The number of para-hydroxylation sites is 1.